The molecule has 3 N–H and O–H groups in total. The van der Waals surface area contributed by atoms with Crippen molar-refractivity contribution in [1.29, 1.82) is 0 Å². The Kier molecular flexibility index (Phi) is 13.0. The minimum absolute atomic E-state index is 0.0491. The van der Waals surface area contributed by atoms with Crippen molar-refractivity contribution in [3.63, 3.8) is 0 Å². The van der Waals surface area contributed by atoms with Crippen LogP contribution in [0.3, 0.4) is 0 Å². The SMILES string of the molecule is CC(=O)OC[C@@H](O)C[C@@H](O)CC(=O)OC(C)(C)C.CC(C)(C)OC(=O)C[C@H](O)C[C@H]1CO1. The van der Waals surface area contributed by atoms with Gasteiger partial charge in [0.1, 0.15) is 17.8 Å². The second-order valence-corrected chi connectivity index (χ2v) is 9.77. The van der Waals surface area contributed by atoms with E-state index in [1.807, 2.05) is 0 Å². The van der Waals surface area contributed by atoms with Crippen molar-refractivity contribution in [2.75, 3.05) is 13.2 Å². The maximum Gasteiger partial charge on any atom is 0.308 e. The molecular formula is C22H40O10. The Morgan fingerprint density at radius 2 is 1.31 bits per heavy atom. The fourth-order valence-electron chi connectivity index (χ4n) is 2.42. The summed E-state index contributed by atoms with van der Waals surface area (Å²) >= 11 is 0. The first-order chi connectivity index (χ1) is 14.5. The van der Waals surface area contributed by atoms with Crippen LogP contribution >= 0.6 is 0 Å². The molecule has 1 heterocycles. The highest BCUT2D eigenvalue weighted by atomic mass is 16.6. The minimum Gasteiger partial charge on any atom is -0.463 e. The average molecular weight is 465 g/mol. The first-order valence-electron chi connectivity index (χ1n) is 10.7. The zero-order chi connectivity index (χ0) is 25.1. The highest BCUT2D eigenvalue weighted by Gasteiger charge is 2.28. The van der Waals surface area contributed by atoms with Crippen LogP contribution in [-0.4, -0.2) is 82.1 Å². The summed E-state index contributed by atoms with van der Waals surface area (Å²) in [6, 6.07) is 0. The number of carbonyl (C=O) groups is 3. The van der Waals surface area contributed by atoms with Gasteiger partial charge in [0.15, 0.2) is 0 Å². The van der Waals surface area contributed by atoms with E-state index in [-0.39, 0.29) is 37.9 Å². The molecule has 0 aliphatic carbocycles. The number of hydrogen-bond acceptors (Lipinski definition) is 10. The van der Waals surface area contributed by atoms with Crippen molar-refractivity contribution in [3.8, 4) is 0 Å². The minimum atomic E-state index is -1.02. The number of esters is 3. The molecule has 0 unspecified atom stereocenters. The second-order valence-electron chi connectivity index (χ2n) is 9.77. The summed E-state index contributed by atoms with van der Waals surface area (Å²) in [4.78, 5) is 33.1. The number of hydrogen-bond donors (Lipinski definition) is 3. The Hall–Kier alpha value is -1.75. The molecule has 32 heavy (non-hydrogen) atoms. The van der Waals surface area contributed by atoms with Crippen LogP contribution in [0.2, 0.25) is 0 Å². The van der Waals surface area contributed by atoms with Crippen molar-refractivity contribution in [1.82, 2.24) is 0 Å². The summed E-state index contributed by atoms with van der Waals surface area (Å²) < 4.78 is 19.6. The Bertz CT molecular complexity index is 586. The van der Waals surface area contributed by atoms with E-state index in [0.717, 1.165) is 0 Å². The molecule has 1 rings (SSSR count). The number of rotatable bonds is 10. The van der Waals surface area contributed by atoms with Gasteiger partial charge in [-0.2, -0.15) is 0 Å². The molecule has 188 valence electrons. The zero-order valence-electron chi connectivity index (χ0n) is 20.3. The van der Waals surface area contributed by atoms with Crippen molar-refractivity contribution < 1.29 is 48.7 Å². The van der Waals surface area contributed by atoms with E-state index in [1.54, 1.807) is 41.5 Å². The van der Waals surface area contributed by atoms with Crippen LogP contribution in [0.1, 0.15) is 74.1 Å². The summed E-state index contributed by atoms with van der Waals surface area (Å²) in [5, 5.41) is 28.4. The molecule has 0 bridgehead atoms. The van der Waals surface area contributed by atoms with Gasteiger partial charge in [-0.3, -0.25) is 14.4 Å². The van der Waals surface area contributed by atoms with E-state index in [1.165, 1.54) is 6.92 Å². The van der Waals surface area contributed by atoms with Crippen molar-refractivity contribution in [3.05, 3.63) is 0 Å². The Morgan fingerprint density at radius 1 is 0.875 bits per heavy atom. The molecule has 10 heteroatoms. The average Bonchev–Trinajstić information content (AvgIpc) is 3.32. The lowest BCUT2D eigenvalue weighted by atomic mass is 10.1. The summed E-state index contributed by atoms with van der Waals surface area (Å²) in [5.41, 5.74) is -1.08. The van der Waals surface area contributed by atoms with Crippen molar-refractivity contribution in [2.45, 2.75) is 110 Å². The summed E-state index contributed by atoms with van der Waals surface area (Å²) in [5.74, 6) is -1.39. The third kappa shape index (κ3) is 20.2. The molecule has 0 amide bonds. The molecule has 0 aromatic carbocycles. The Balaban J connectivity index is 0.000000618. The normalized spacial score (nSPS) is 18.4. The molecule has 0 aromatic heterocycles. The molecule has 10 nitrogen and oxygen atoms in total. The lowest BCUT2D eigenvalue weighted by molar-refractivity contribution is -0.158. The summed E-state index contributed by atoms with van der Waals surface area (Å²) in [6.07, 6.45) is -2.18. The van der Waals surface area contributed by atoms with Crippen LogP contribution in [0.5, 0.6) is 0 Å². The van der Waals surface area contributed by atoms with Crippen LogP contribution in [0, 0.1) is 0 Å². The quantitative estimate of drug-likeness (QED) is 0.245. The fourth-order valence-corrected chi connectivity index (χ4v) is 2.42. The van der Waals surface area contributed by atoms with E-state index >= 15 is 0 Å². The van der Waals surface area contributed by atoms with E-state index in [2.05, 4.69) is 4.74 Å². The molecule has 0 spiro atoms. The van der Waals surface area contributed by atoms with Gasteiger partial charge in [-0.25, -0.2) is 0 Å². The molecule has 1 aliphatic heterocycles. The van der Waals surface area contributed by atoms with Gasteiger partial charge in [0.05, 0.1) is 43.9 Å². The number of aliphatic hydroxyl groups is 3. The van der Waals surface area contributed by atoms with Crippen LogP contribution in [0.15, 0.2) is 0 Å². The van der Waals surface area contributed by atoms with Gasteiger partial charge in [-0.05, 0) is 41.5 Å². The highest BCUT2D eigenvalue weighted by Crippen LogP contribution is 2.18. The van der Waals surface area contributed by atoms with Gasteiger partial charge in [-0.15, -0.1) is 0 Å². The van der Waals surface area contributed by atoms with Gasteiger partial charge in [0, 0.05) is 19.8 Å². The highest BCUT2D eigenvalue weighted by molar-refractivity contribution is 5.70. The number of epoxide rings is 1. The molecule has 4 atom stereocenters. The van der Waals surface area contributed by atoms with E-state index in [0.29, 0.717) is 13.0 Å². The van der Waals surface area contributed by atoms with Crippen LogP contribution < -0.4 is 0 Å². The molecule has 1 fully saturated rings. The van der Waals surface area contributed by atoms with E-state index < -0.39 is 41.5 Å². The van der Waals surface area contributed by atoms with E-state index in [4.69, 9.17) is 14.2 Å². The van der Waals surface area contributed by atoms with Gasteiger partial charge in [0.25, 0.3) is 0 Å². The summed E-state index contributed by atoms with van der Waals surface area (Å²) in [6.45, 7) is 12.3. The first-order valence-corrected chi connectivity index (χ1v) is 10.7. The van der Waals surface area contributed by atoms with Crippen LogP contribution in [0.4, 0.5) is 0 Å². The van der Waals surface area contributed by atoms with Gasteiger partial charge in [0.2, 0.25) is 0 Å². The third-order valence-corrected chi connectivity index (χ3v) is 3.61. The predicted molar refractivity (Wildman–Crippen MR) is 115 cm³/mol. The first kappa shape index (κ1) is 30.2. The third-order valence-electron chi connectivity index (χ3n) is 3.61. The standard InChI is InChI=1S/C12H22O6.C10H18O4/c1-8(13)17-7-10(15)5-9(14)6-11(16)18-12(2,3)4;1-10(2,3)14-9(12)5-7(11)4-8-6-13-8/h9-10,14-15H,5-7H2,1-4H3;7-8,11H,4-6H2,1-3H3/t9-,10+;7-,8+/m11/s1. The van der Waals surface area contributed by atoms with Gasteiger partial charge in [-0.1, -0.05) is 0 Å². The number of aliphatic hydroxyl groups excluding tert-OH is 3. The molecular weight excluding hydrogens is 424 g/mol. The molecule has 0 radical (unpaired) electrons. The maximum atomic E-state index is 11.4. The van der Waals surface area contributed by atoms with Gasteiger partial charge >= 0.3 is 17.9 Å². The number of carbonyl (C=O) groups excluding carboxylic acids is 3. The summed E-state index contributed by atoms with van der Waals surface area (Å²) in [7, 11) is 0. The zero-order valence-corrected chi connectivity index (χ0v) is 20.3. The number of ether oxygens (including phenoxy) is 4. The topological polar surface area (TPSA) is 152 Å². The lowest BCUT2D eigenvalue weighted by Gasteiger charge is -2.21. The van der Waals surface area contributed by atoms with Gasteiger partial charge < -0.3 is 34.3 Å². The van der Waals surface area contributed by atoms with Crippen LogP contribution in [-0.2, 0) is 33.3 Å². The molecule has 1 aliphatic rings. The van der Waals surface area contributed by atoms with Crippen molar-refractivity contribution >= 4 is 17.9 Å². The Labute approximate surface area is 190 Å². The Morgan fingerprint density at radius 3 is 1.69 bits per heavy atom. The monoisotopic (exact) mass is 464 g/mol. The molecule has 0 saturated carbocycles. The predicted octanol–water partition coefficient (Wildman–Crippen LogP) is 1.26. The fraction of sp³-hybridized carbons (Fsp3) is 0.864. The van der Waals surface area contributed by atoms with Crippen molar-refractivity contribution in [2.24, 2.45) is 0 Å². The van der Waals surface area contributed by atoms with Crippen LogP contribution in [0.25, 0.3) is 0 Å². The smallest absolute Gasteiger partial charge is 0.308 e. The lowest BCUT2D eigenvalue weighted by Crippen LogP contribution is -2.29. The molecule has 1 saturated heterocycles. The molecule has 0 aromatic rings. The largest absolute Gasteiger partial charge is 0.463 e. The van der Waals surface area contributed by atoms with E-state index in [9.17, 15) is 29.7 Å². The maximum absolute atomic E-state index is 11.4. The second kappa shape index (κ2) is 13.7.